The molecule has 0 radical (unpaired) electrons. The number of pyridine rings is 1. The number of likely N-dealkylation sites (tertiary alicyclic amines) is 1. The molecule has 1 aliphatic rings. The number of hydrogen-bond donors (Lipinski definition) is 0. The molecule has 1 fully saturated rings. The van der Waals surface area contributed by atoms with E-state index in [4.69, 9.17) is 4.74 Å². The van der Waals surface area contributed by atoms with Crippen molar-refractivity contribution < 1.29 is 9.53 Å². The van der Waals surface area contributed by atoms with Crippen molar-refractivity contribution >= 4 is 5.97 Å². The lowest BCUT2D eigenvalue weighted by atomic mass is 10.0. The summed E-state index contributed by atoms with van der Waals surface area (Å²) in [7, 11) is 1.41. The molecule has 0 aromatic carbocycles. The van der Waals surface area contributed by atoms with Gasteiger partial charge in [0.2, 0.25) is 0 Å². The molecule has 0 saturated carbocycles. The van der Waals surface area contributed by atoms with E-state index >= 15 is 0 Å². The van der Waals surface area contributed by atoms with E-state index in [1.54, 1.807) is 18.3 Å². The highest BCUT2D eigenvalue weighted by atomic mass is 16.5. The summed E-state index contributed by atoms with van der Waals surface area (Å²) in [6.45, 7) is 5.21. The van der Waals surface area contributed by atoms with Crippen molar-refractivity contribution in [2.75, 3.05) is 20.2 Å². The van der Waals surface area contributed by atoms with Crippen LogP contribution >= 0.6 is 0 Å². The Balaban J connectivity index is 2.08. The van der Waals surface area contributed by atoms with E-state index in [1.807, 2.05) is 0 Å². The molecular formula is C15H22N2O2. The van der Waals surface area contributed by atoms with Crippen LogP contribution in [-0.2, 0) is 11.3 Å². The number of carbonyl (C=O) groups excluding carboxylic acids is 1. The van der Waals surface area contributed by atoms with Crippen molar-refractivity contribution in [1.82, 2.24) is 9.88 Å². The number of nitrogens with zero attached hydrogens (tertiary/aromatic N) is 2. The zero-order chi connectivity index (χ0) is 13.7. The van der Waals surface area contributed by atoms with Crippen LogP contribution in [0.5, 0.6) is 0 Å². The van der Waals surface area contributed by atoms with Crippen molar-refractivity contribution in [3.8, 4) is 0 Å². The smallest absolute Gasteiger partial charge is 0.339 e. The molecule has 0 N–H and O–H groups in total. The second kappa shape index (κ2) is 6.66. The fourth-order valence-corrected chi connectivity index (χ4v) is 2.55. The number of rotatable bonds is 3. The minimum Gasteiger partial charge on any atom is -0.465 e. The van der Waals surface area contributed by atoms with Gasteiger partial charge in [0.1, 0.15) is 0 Å². The summed E-state index contributed by atoms with van der Waals surface area (Å²) >= 11 is 0. The van der Waals surface area contributed by atoms with Crippen molar-refractivity contribution in [2.45, 2.75) is 32.7 Å². The van der Waals surface area contributed by atoms with E-state index in [1.165, 1.54) is 26.4 Å². The first kappa shape index (κ1) is 14.0. The molecule has 4 nitrogen and oxygen atoms in total. The number of ether oxygens (including phenoxy) is 1. The highest BCUT2D eigenvalue weighted by Gasteiger charge is 2.18. The molecule has 0 bridgehead atoms. The molecule has 1 aliphatic heterocycles. The van der Waals surface area contributed by atoms with E-state index in [9.17, 15) is 4.79 Å². The van der Waals surface area contributed by atoms with E-state index in [-0.39, 0.29) is 5.97 Å². The van der Waals surface area contributed by atoms with E-state index in [0.717, 1.165) is 31.2 Å². The van der Waals surface area contributed by atoms with Crippen LogP contribution in [0, 0.1) is 5.92 Å². The average Bonchev–Trinajstić information content (AvgIpc) is 2.63. The van der Waals surface area contributed by atoms with Crippen LogP contribution in [0.25, 0.3) is 0 Å². The Kier molecular flexibility index (Phi) is 4.91. The van der Waals surface area contributed by atoms with Crippen molar-refractivity contribution in [3.05, 3.63) is 29.6 Å². The molecule has 1 saturated heterocycles. The predicted octanol–water partition coefficient (Wildman–Crippen LogP) is 2.49. The SMILES string of the molecule is COC(=O)c1cccnc1CN1CCCC(C)CC1. The fourth-order valence-electron chi connectivity index (χ4n) is 2.55. The van der Waals surface area contributed by atoms with Crippen LogP contribution in [0.2, 0.25) is 0 Å². The first-order chi connectivity index (χ1) is 9.20. The third-order valence-electron chi connectivity index (χ3n) is 3.78. The molecule has 0 spiro atoms. The second-order valence-corrected chi connectivity index (χ2v) is 5.30. The Labute approximate surface area is 114 Å². The number of methoxy groups -OCH3 is 1. The topological polar surface area (TPSA) is 42.4 Å². The van der Waals surface area contributed by atoms with Gasteiger partial charge >= 0.3 is 5.97 Å². The van der Waals surface area contributed by atoms with Gasteiger partial charge in [-0.05, 0) is 50.4 Å². The lowest BCUT2D eigenvalue weighted by Gasteiger charge is -2.20. The summed E-state index contributed by atoms with van der Waals surface area (Å²) in [5.41, 5.74) is 1.41. The Morgan fingerprint density at radius 3 is 3.11 bits per heavy atom. The Hall–Kier alpha value is -1.42. The minimum absolute atomic E-state index is 0.300. The molecule has 19 heavy (non-hydrogen) atoms. The molecule has 2 heterocycles. The van der Waals surface area contributed by atoms with Crippen LogP contribution in [0.3, 0.4) is 0 Å². The Morgan fingerprint density at radius 1 is 1.47 bits per heavy atom. The van der Waals surface area contributed by atoms with Gasteiger partial charge in [0.25, 0.3) is 0 Å². The Morgan fingerprint density at radius 2 is 2.32 bits per heavy atom. The summed E-state index contributed by atoms with van der Waals surface area (Å²) in [6.07, 6.45) is 5.48. The highest BCUT2D eigenvalue weighted by molar-refractivity contribution is 5.90. The molecule has 0 aliphatic carbocycles. The summed E-state index contributed by atoms with van der Waals surface area (Å²) in [5.74, 6) is 0.500. The van der Waals surface area contributed by atoms with Crippen LogP contribution in [-0.4, -0.2) is 36.1 Å². The zero-order valence-electron chi connectivity index (χ0n) is 11.8. The average molecular weight is 262 g/mol. The lowest BCUT2D eigenvalue weighted by molar-refractivity contribution is 0.0597. The van der Waals surface area contributed by atoms with E-state index < -0.39 is 0 Å². The van der Waals surface area contributed by atoms with Gasteiger partial charge < -0.3 is 4.74 Å². The zero-order valence-corrected chi connectivity index (χ0v) is 11.8. The van der Waals surface area contributed by atoms with Gasteiger partial charge in [-0.15, -0.1) is 0 Å². The largest absolute Gasteiger partial charge is 0.465 e. The molecular weight excluding hydrogens is 240 g/mol. The summed E-state index contributed by atoms with van der Waals surface area (Å²) in [4.78, 5) is 18.5. The minimum atomic E-state index is -0.300. The number of aromatic nitrogens is 1. The maximum atomic E-state index is 11.7. The molecule has 2 rings (SSSR count). The highest BCUT2D eigenvalue weighted by Crippen LogP contribution is 2.18. The summed E-state index contributed by atoms with van der Waals surface area (Å²) in [5, 5.41) is 0. The molecule has 1 unspecified atom stereocenters. The molecule has 1 aromatic rings. The van der Waals surface area contributed by atoms with Gasteiger partial charge in [-0.1, -0.05) is 6.92 Å². The molecule has 0 amide bonds. The maximum Gasteiger partial charge on any atom is 0.339 e. The first-order valence-electron chi connectivity index (χ1n) is 6.95. The number of hydrogen-bond acceptors (Lipinski definition) is 4. The van der Waals surface area contributed by atoms with E-state index in [0.29, 0.717) is 5.56 Å². The van der Waals surface area contributed by atoms with Crippen molar-refractivity contribution in [3.63, 3.8) is 0 Å². The maximum absolute atomic E-state index is 11.7. The van der Waals surface area contributed by atoms with Gasteiger partial charge in [0, 0.05) is 12.7 Å². The summed E-state index contributed by atoms with van der Waals surface area (Å²) in [6, 6.07) is 3.56. The van der Waals surface area contributed by atoms with Gasteiger partial charge in [-0.3, -0.25) is 9.88 Å². The lowest BCUT2D eigenvalue weighted by Crippen LogP contribution is -2.26. The molecule has 104 valence electrons. The second-order valence-electron chi connectivity index (χ2n) is 5.30. The molecule has 1 aromatic heterocycles. The van der Waals surface area contributed by atoms with Gasteiger partial charge in [-0.2, -0.15) is 0 Å². The summed E-state index contributed by atoms with van der Waals surface area (Å²) < 4.78 is 4.81. The van der Waals surface area contributed by atoms with Crippen molar-refractivity contribution in [2.24, 2.45) is 5.92 Å². The molecule has 4 heteroatoms. The monoisotopic (exact) mass is 262 g/mol. The van der Waals surface area contributed by atoms with Gasteiger partial charge in [-0.25, -0.2) is 4.79 Å². The van der Waals surface area contributed by atoms with Crippen LogP contribution < -0.4 is 0 Å². The predicted molar refractivity (Wildman–Crippen MR) is 73.9 cm³/mol. The molecule has 1 atom stereocenters. The van der Waals surface area contributed by atoms with E-state index in [2.05, 4.69) is 16.8 Å². The van der Waals surface area contributed by atoms with Crippen LogP contribution in [0.1, 0.15) is 42.2 Å². The number of carbonyl (C=O) groups is 1. The number of esters is 1. The van der Waals surface area contributed by atoms with Crippen LogP contribution in [0.15, 0.2) is 18.3 Å². The van der Waals surface area contributed by atoms with Gasteiger partial charge in [0.05, 0.1) is 18.4 Å². The van der Waals surface area contributed by atoms with Crippen LogP contribution in [0.4, 0.5) is 0 Å². The third kappa shape index (κ3) is 3.77. The Bertz CT molecular complexity index is 434. The fraction of sp³-hybridized carbons (Fsp3) is 0.600. The van der Waals surface area contributed by atoms with Gasteiger partial charge in [0.15, 0.2) is 0 Å². The standard InChI is InChI=1S/C15H22N2O2/c1-12-5-4-9-17(10-7-12)11-14-13(15(18)19-2)6-3-8-16-14/h3,6,8,12H,4-5,7,9-11H2,1-2H3. The van der Waals surface area contributed by atoms with Crippen molar-refractivity contribution in [1.29, 1.82) is 0 Å². The normalized spacial score (nSPS) is 20.8. The quantitative estimate of drug-likeness (QED) is 0.785. The third-order valence-corrected chi connectivity index (χ3v) is 3.78. The first-order valence-corrected chi connectivity index (χ1v) is 6.95.